The zero-order chi connectivity index (χ0) is 30.3. The van der Waals surface area contributed by atoms with Gasteiger partial charge in [0.05, 0.1) is 5.56 Å². The van der Waals surface area contributed by atoms with Crippen molar-refractivity contribution in [1.29, 1.82) is 5.26 Å². The van der Waals surface area contributed by atoms with Crippen molar-refractivity contribution < 1.29 is 14.9 Å². The van der Waals surface area contributed by atoms with E-state index < -0.39 is 0 Å². The highest BCUT2D eigenvalue weighted by molar-refractivity contribution is 5.88. The summed E-state index contributed by atoms with van der Waals surface area (Å²) in [6, 6.07) is 33.0. The molecule has 7 rings (SSSR count). The molecule has 0 aliphatic carbocycles. The molecule has 1 aliphatic heterocycles. The number of phenolic OH excluding ortho intramolecular Hbond substituents is 2. The van der Waals surface area contributed by atoms with Gasteiger partial charge in [-0.3, -0.25) is 4.90 Å². The van der Waals surface area contributed by atoms with Crippen molar-refractivity contribution in [3.63, 3.8) is 0 Å². The SMILES string of the molecule is N#Cc1c[nH]c2ccccc12.Oc1ccc(-c2cc3cc(O)ccc3n2Cc2ccc(OCCN3CCCCC3)cc2)cc1. The van der Waals surface area contributed by atoms with E-state index in [0.29, 0.717) is 12.1 Å². The molecule has 7 heteroatoms. The van der Waals surface area contributed by atoms with E-state index in [4.69, 9.17) is 10.00 Å². The molecule has 7 nitrogen and oxygen atoms in total. The van der Waals surface area contributed by atoms with Crippen LogP contribution < -0.4 is 4.74 Å². The Kier molecular flexibility index (Phi) is 8.81. The van der Waals surface area contributed by atoms with E-state index in [-0.39, 0.29) is 11.5 Å². The predicted molar refractivity (Wildman–Crippen MR) is 175 cm³/mol. The normalized spacial score (nSPS) is 13.3. The Morgan fingerprint density at radius 2 is 1.57 bits per heavy atom. The van der Waals surface area contributed by atoms with Crippen LogP contribution in [0.2, 0.25) is 0 Å². The van der Waals surface area contributed by atoms with Crippen LogP contribution in [0, 0.1) is 11.3 Å². The second-order valence-electron chi connectivity index (χ2n) is 11.2. The van der Waals surface area contributed by atoms with Crippen molar-refractivity contribution in [2.24, 2.45) is 0 Å². The summed E-state index contributed by atoms with van der Waals surface area (Å²) in [6.07, 6.45) is 5.68. The molecule has 222 valence electrons. The second kappa shape index (κ2) is 13.4. The third-order valence-corrected chi connectivity index (χ3v) is 8.15. The summed E-state index contributed by atoms with van der Waals surface area (Å²) in [5, 5.41) is 30.3. The molecule has 0 atom stereocenters. The monoisotopic (exact) mass is 584 g/mol. The van der Waals surface area contributed by atoms with Gasteiger partial charge < -0.3 is 24.5 Å². The average molecular weight is 585 g/mol. The maximum absolute atomic E-state index is 9.95. The Morgan fingerprint density at radius 3 is 2.34 bits per heavy atom. The van der Waals surface area contributed by atoms with Crippen LogP contribution in [0.5, 0.6) is 17.2 Å². The molecule has 3 heterocycles. The second-order valence-corrected chi connectivity index (χ2v) is 11.2. The number of rotatable bonds is 7. The van der Waals surface area contributed by atoms with E-state index in [1.165, 1.54) is 37.9 Å². The number of nitrogens with zero attached hydrogens (tertiary/aromatic N) is 3. The Morgan fingerprint density at radius 1 is 0.818 bits per heavy atom. The van der Waals surface area contributed by atoms with Gasteiger partial charge in [-0.25, -0.2) is 0 Å². The topological polar surface area (TPSA) is 97.4 Å². The Labute approximate surface area is 257 Å². The van der Waals surface area contributed by atoms with Crippen LogP contribution in [0.3, 0.4) is 0 Å². The number of benzene rings is 4. The smallest absolute Gasteiger partial charge is 0.119 e. The molecule has 1 saturated heterocycles. The summed E-state index contributed by atoms with van der Waals surface area (Å²) in [7, 11) is 0. The summed E-state index contributed by atoms with van der Waals surface area (Å²) in [4.78, 5) is 5.50. The minimum atomic E-state index is 0.245. The van der Waals surface area contributed by atoms with Gasteiger partial charge in [-0.05, 0) is 104 Å². The van der Waals surface area contributed by atoms with Gasteiger partial charge in [-0.1, -0.05) is 36.8 Å². The average Bonchev–Trinajstić information content (AvgIpc) is 3.64. The highest BCUT2D eigenvalue weighted by atomic mass is 16.5. The third kappa shape index (κ3) is 6.72. The van der Waals surface area contributed by atoms with Gasteiger partial charge in [0.25, 0.3) is 0 Å². The number of phenols is 2. The molecule has 1 fully saturated rings. The van der Waals surface area contributed by atoms with E-state index in [9.17, 15) is 10.2 Å². The lowest BCUT2D eigenvalue weighted by Gasteiger charge is -2.26. The fraction of sp³-hybridized carbons (Fsp3) is 0.216. The lowest BCUT2D eigenvalue weighted by atomic mass is 10.1. The van der Waals surface area contributed by atoms with Crippen LogP contribution in [0.4, 0.5) is 0 Å². The predicted octanol–water partition coefficient (Wildman–Crippen LogP) is 7.67. The minimum absolute atomic E-state index is 0.245. The van der Waals surface area contributed by atoms with Gasteiger partial charge in [-0.2, -0.15) is 5.26 Å². The van der Waals surface area contributed by atoms with Crippen LogP contribution in [0.15, 0.2) is 103 Å². The van der Waals surface area contributed by atoms with E-state index >= 15 is 0 Å². The first kappa shape index (κ1) is 28.9. The van der Waals surface area contributed by atoms with Crippen molar-refractivity contribution >= 4 is 21.8 Å². The zero-order valence-electron chi connectivity index (χ0n) is 24.6. The lowest BCUT2D eigenvalue weighted by Crippen LogP contribution is -2.33. The van der Waals surface area contributed by atoms with Gasteiger partial charge in [0, 0.05) is 46.8 Å². The van der Waals surface area contributed by atoms with E-state index in [1.807, 2.05) is 54.6 Å². The lowest BCUT2D eigenvalue weighted by molar-refractivity contribution is 0.183. The first-order chi connectivity index (χ1) is 21.6. The number of aromatic hydroxyl groups is 2. The summed E-state index contributed by atoms with van der Waals surface area (Å²) in [6.45, 7) is 4.77. The van der Waals surface area contributed by atoms with E-state index in [2.05, 4.69) is 38.7 Å². The van der Waals surface area contributed by atoms with Crippen molar-refractivity contribution in [3.8, 4) is 34.6 Å². The van der Waals surface area contributed by atoms with Crippen LogP contribution in [0.25, 0.3) is 33.1 Å². The molecule has 0 amide bonds. The molecular weight excluding hydrogens is 548 g/mol. The number of fused-ring (bicyclic) bond motifs is 2. The third-order valence-electron chi connectivity index (χ3n) is 8.15. The van der Waals surface area contributed by atoms with Crippen LogP contribution in [-0.4, -0.2) is 50.9 Å². The van der Waals surface area contributed by atoms with Gasteiger partial charge in [0.2, 0.25) is 0 Å². The largest absolute Gasteiger partial charge is 0.508 e. The summed E-state index contributed by atoms with van der Waals surface area (Å²) >= 11 is 0. The molecular formula is C37H36N4O3. The fourth-order valence-electron chi connectivity index (χ4n) is 5.81. The van der Waals surface area contributed by atoms with Crippen molar-refractivity contribution in [3.05, 3.63) is 114 Å². The minimum Gasteiger partial charge on any atom is -0.508 e. The van der Waals surface area contributed by atoms with Crippen molar-refractivity contribution in [2.75, 3.05) is 26.2 Å². The first-order valence-electron chi connectivity index (χ1n) is 15.1. The molecule has 0 spiro atoms. The van der Waals surface area contributed by atoms with Gasteiger partial charge >= 0.3 is 0 Å². The molecule has 0 unspecified atom stereocenters. The highest BCUT2D eigenvalue weighted by Crippen LogP contribution is 2.32. The summed E-state index contributed by atoms with van der Waals surface area (Å²) in [5.74, 6) is 1.40. The van der Waals surface area contributed by atoms with E-state index in [0.717, 1.165) is 52.0 Å². The number of hydrogen-bond acceptors (Lipinski definition) is 5. The Hall–Kier alpha value is -5.19. The number of aromatic amines is 1. The maximum Gasteiger partial charge on any atom is 0.119 e. The number of H-pyrrole nitrogens is 1. The van der Waals surface area contributed by atoms with Crippen molar-refractivity contribution in [1.82, 2.24) is 14.5 Å². The van der Waals surface area contributed by atoms with Crippen LogP contribution >= 0.6 is 0 Å². The number of para-hydroxylation sites is 1. The van der Waals surface area contributed by atoms with Crippen LogP contribution in [0.1, 0.15) is 30.4 Å². The molecule has 6 aromatic rings. The molecule has 1 aliphatic rings. The standard InChI is InChI=1S/C28H30N2O3.C9H6N2/c31-24-8-6-22(7-9-24)28-19-23-18-25(32)10-13-27(23)30(28)20-21-4-11-26(12-5-21)33-17-16-29-14-2-1-3-15-29;10-5-7-6-11-9-4-2-1-3-8(7)9/h4-13,18-19,31-32H,1-3,14-17,20H2;1-4,6,11H. The number of ether oxygens (including phenoxy) is 1. The fourth-order valence-corrected chi connectivity index (χ4v) is 5.81. The molecule has 3 N–H and O–H groups in total. The highest BCUT2D eigenvalue weighted by Gasteiger charge is 2.13. The quantitative estimate of drug-likeness (QED) is 0.179. The molecule has 2 aromatic heterocycles. The first-order valence-corrected chi connectivity index (χ1v) is 15.1. The number of aromatic nitrogens is 2. The van der Waals surface area contributed by atoms with Gasteiger partial charge in [0.1, 0.15) is 29.9 Å². The van der Waals surface area contributed by atoms with Crippen molar-refractivity contribution in [2.45, 2.75) is 25.8 Å². The summed E-state index contributed by atoms with van der Waals surface area (Å²) in [5.41, 5.74) is 6.00. The Bertz CT molecular complexity index is 1880. The molecule has 4 aromatic carbocycles. The summed E-state index contributed by atoms with van der Waals surface area (Å²) < 4.78 is 8.23. The number of hydrogen-bond donors (Lipinski definition) is 3. The number of likely N-dealkylation sites (tertiary alicyclic amines) is 1. The number of nitrogens with one attached hydrogen (secondary N) is 1. The van der Waals surface area contributed by atoms with Gasteiger partial charge in [-0.15, -0.1) is 0 Å². The van der Waals surface area contributed by atoms with E-state index in [1.54, 1.807) is 30.5 Å². The van der Waals surface area contributed by atoms with Gasteiger partial charge in [0.15, 0.2) is 0 Å². The number of nitriles is 1. The Balaban J connectivity index is 0.000000261. The molecule has 44 heavy (non-hydrogen) atoms. The number of piperidine rings is 1. The van der Waals surface area contributed by atoms with Crippen LogP contribution in [-0.2, 0) is 6.54 Å². The molecule has 0 bridgehead atoms. The molecule has 0 saturated carbocycles. The molecule has 0 radical (unpaired) electrons. The zero-order valence-corrected chi connectivity index (χ0v) is 24.6. The maximum atomic E-state index is 9.95.